The third-order valence-corrected chi connectivity index (χ3v) is 4.74. The number of carboxylic acids is 2. The van der Waals surface area contributed by atoms with Crippen molar-refractivity contribution in [2.24, 2.45) is 0 Å². The maximum Gasteiger partial charge on any atom is 0.342 e. The van der Waals surface area contributed by atoms with Crippen LogP contribution in [0, 0.1) is 10.1 Å². The zero-order chi connectivity index (χ0) is 22.5. The predicted octanol–water partition coefficient (Wildman–Crippen LogP) is 5.07. The zero-order valence-corrected chi connectivity index (χ0v) is 17.2. The smallest absolute Gasteiger partial charge is 0.342 e. The van der Waals surface area contributed by atoms with Gasteiger partial charge in [0.05, 0.1) is 22.7 Å². The van der Waals surface area contributed by atoms with Gasteiger partial charge in [0.1, 0.15) is 5.56 Å². The van der Waals surface area contributed by atoms with E-state index in [4.69, 9.17) is 9.84 Å². The van der Waals surface area contributed by atoms with Crippen LogP contribution in [0.5, 0.6) is 0 Å². The summed E-state index contributed by atoms with van der Waals surface area (Å²) in [5, 5.41) is 29.4. The fourth-order valence-electron chi connectivity index (χ4n) is 3.09. The molecule has 0 heterocycles. The summed E-state index contributed by atoms with van der Waals surface area (Å²) in [4.78, 5) is 44.9. The predicted molar refractivity (Wildman–Crippen MR) is 109 cm³/mol. The van der Waals surface area contributed by atoms with Crippen LogP contribution in [0.1, 0.15) is 102 Å². The first-order chi connectivity index (χ1) is 14.3. The van der Waals surface area contributed by atoms with Crippen LogP contribution in [0.3, 0.4) is 0 Å². The van der Waals surface area contributed by atoms with E-state index in [1.54, 1.807) is 0 Å². The van der Waals surface area contributed by atoms with Crippen molar-refractivity contribution in [3.05, 3.63) is 38.9 Å². The van der Waals surface area contributed by atoms with Gasteiger partial charge in [0, 0.05) is 6.07 Å². The van der Waals surface area contributed by atoms with Gasteiger partial charge < -0.3 is 14.9 Å². The van der Waals surface area contributed by atoms with Crippen LogP contribution in [0.15, 0.2) is 12.1 Å². The molecule has 0 saturated carbocycles. The van der Waals surface area contributed by atoms with Crippen molar-refractivity contribution in [3.63, 3.8) is 0 Å². The highest BCUT2D eigenvalue weighted by atomic mass is 16.6. The van der Waals surface area contributed by atoms with Crippen LogP contribution < -0.4 is 0 Å². The number of carboxylic acid groups (broad SMARTS) is 2. The van der Waals surface area contributed by atoms with Crippen molar-refractivity contribution >= 4 is 23.6 Å². The molecule has 0 radical (unpaired) electrons. The number of nitro groups is 1. The maximum atomic E-state index is 12.2. The Morgan fingerprint density at radius 1 is 0.833 bits per heavy atom. The number of unbranched alkanes of at least 4 members (excludes halogenated alkanes) is 9. The second-order valence-electron chi connectivity index (χ2n) is 7.10. The van der Waals surface area contributed by atoms with Crippen LogP contribution in [-0.2, 0) is 4.74 Å². The second kappa shape index (κ2) is 13.3. The summed E-state index contributed by atoms with van der Waals surface area (Å²) in [6.07, 6.45) is 11.0. The SMILES string of the molecule is CCCCCCCCCCCCOC(=O)c1cc([N+](=O)[O-])c(C(=O)O)cc1C(=O)O. The lowest BCUT2D eigenvalue weighted by molar-refractivity contribution is -0.385. The van der Waals surface area contributed by atoms with E-state index in [2.05, 4.69) is 6.92 Å². The Kier molecular flexibility index (Phi) is 11.1. The summed E-state index contributed by atoms with van der Waals surface area (Å²) >= 11 is 0. The van der Waals surface area contributed by atoms with Gasteiger partial charge in [0.2, 0.25) is 0 Å². The number of hydrogen-bond donors (Lipinski definition) is 2. The van der Waals surface area contributed by atoms with Crippen LogP contribution in [0.4, 0.5) is 5.69 Å². The third-order valence-electron chi connectivity index (χ3n) is 4.74. The molecule has 0 bridgehead atoms. The molecule has 30 heavy (non-hydrogen) atoms. The van der Waals surface area contributed by atoms with Gasteiger partial charge in [-0.3, -0.25) is 10.1 Å². The van der Waals surface area contributed by atoms with Crippen molar-refractivity contribution in [3.8, 4) is 0 Å². The molecule has 9 heteroatoms. The molecule has 9 nitrogen and oxygen atoms in total. The van der Waals surface area contributed by atoms with Crippen LogP contribution in [0.2, 0.25) is 0 Å². The Morgan fingerprint density at radius 2 is 1.33 bits per heavy atom. The Hall–Kier alpha value is -2.97. The molecule has 0 atom stereocenters. The lowest BCUT2D eigenvalue weighted by atomic mass is 10.0. The molecule has 2 N–H and O–H groups in total. The fraction of sp³-hybridized carbons (Fsp3) is 0.571. The molecule has 0 aliphatic rings. The lowest BCUT2D eigenvalue weighted by Crippen LogP contribution is -2.15. The standard InChI is InChI=1S/C21H29NO8/c1-2-3-4-5-6-7-8-9-10-11-12-30-21(27)16-14-18(22(28)29)17(20(25)26)13-15(16)19(23)24/h13-14H,2-12H2,1H3,(H,23,24)(H,25,26). The number of esters is 1. The largest absolute Gasteiger partial charge is 0.478 e. The van der Waals surface area contributed by atoms with Crippen LogP contribution in [0.25, 0.3) is 0 Å². The lowest BCUT2D eigenvalue weighted by Gasteiger charge is -2.09. The van der Waals surface area contributed by atoms with Crippen molar-refractivity contribution in [1.82, 2.24) is 0 Å². The molecule has 1 rings (SSSR count). The molecule has 1 aromatic rings. The van der Waals surface area contributed by atoms with Gasteiger partial charge in [0.25, 0.3) is 5.69 Å². The number of rotatable bonds is 15. The number of nitrogens with zero attached hydrogens (tertiary/aromatic N) is 1. The minimum Gasteiger partial charge on any atom is -0.478 e. The third kappa shape index (κ3) is 8.18. The van der Waals surface area contributed by atoms with Gasteiger partial charge in [-0.25, -0.2) is 14.4 Å². The number of hydrogen-bond acceptors (Lipinski definition) is 6. The summed E-state index contributed by atoms with van der Waals surface area (Å²) in [7, 11) is 0. The highest BCUT2D eigenvalue weighted by Gasteiger charge is 2.28. The average Bonchev–Trinajstić information content (AvgIpc) is 2.70. The van der Waals surface area contributed by atoms with Crippen molar-refractivity contribution in [2.75, 3.05) is 6.61 Å². The van der Waals surface area contributed by atoms with E-state index in [1.165, 1.54) is 38.5 Å². The van der Waals surface area contributed by atoms with Gasteiger partial charge in [-0.2, -0.15) is 0 Å². The fourth-order valence-corrected chi connectivity index (χ4v) is 3.09. The van der Waals surface area contributed by atoms with Gasteiger partial charge in [0.15, 0.2) is 0 Å². The van der Waals surface area contributed by atoms with Crippen LogP contribution in [-0.4, -0.2) is 39.7 Å². The number of benzene rings is 1. The Morgan fingerprint density at radius 3 is 1.80 bits per heavy atom. The number of aromatic carboxylic acids is 2. The van der Waals surface area contributed by atoms with Crippen molar-refractivity contribution < 1.29 is 34.3 Å². The summed E-state index contributed by atoms with van der Waals surface area (Å²) in [6.45, 7) is 2.24. The molecule has 0 aliphatic heterocycles. The Balaban J connectivity index is 2.55. The molecule has 0 aliphatic carbocycles. The second-order valence-corrected chi connectivity index (χ2v) is 7.10. The van der Waals surface area contributed by atoms with E-state index < -0.39 is 45.2 Å². The monoisotopic (exact) mass is 423 g/mol. The first-order valence-corrected chi connectivity index (χ1v) is 10.3. The first-order valence-electron chi connectivity index (χ1n) is 10.3. The van der Waals surface area contributed by atoms with Crippen LogP contribution >= 0.6 is 0 Å². The molecule has 0 saturated heterocycles. The number of nitro benzene ring substituents is 1. The maximum absolute atomic E-state index is 12.2. The molecule has 1 aromatic carbocycles. The van der Waals surface area contributed by atoms with E-state index in [9.17, 15) is 29.6 Å². The summed E-state index contributed by atoms with van der Waals surface area (Å²) in [5.41, 5.74) is -2.85. The minimum absolute atomic E-state index is 0.0584. The highest BCUT2D eigenvalue weighted by molar-refractivity contribution is 6.06. The Bertz CT molecular complexity index is 760. The quantitative estimate of drug-likeness (QED) is 0.172. The van der Waals surface area contributed by atoms with Gasteiger partial charge in [-0.1, -0.05) is 64.7 Å². The zero-order valence-electron chi connectivity index (χ0n) is 17.2. The van der Waals surface area contributed by atoms with Gasteiger partial charge in [-0.15, -0.1) is 0 Å². The molecule has 0 spiro atoms. The Labute approximate surface area is 175 Å². The van der Waals surface area contributed by atoms with E-state index in [-0.39, 0.29) is 6.61 Å². The molecular formula is C21H29NO8. The molecule has 0 aromatic heterocycles. The molecule has 0 amide bonds. The molecule has 0 unspecified atom stereocenters. The number of carbonyl (C=O) groups is 3. The molecule has 0 fully saturated rings. The summed E-state index contributed by atoms with van der Waals surface area (Å²) in [5.74, 6) is -4.25. The van der Waals surface area contributed by atoms with E-state index in [0.29, 0.717) is 18.6 Å². The van der Waals surface area contributed by atoms with Gasteiger partial charge >= 0.3 is 17.9 Å². The van der Waals surface area contributed by atoms with E-state index >= 15 is 0 Å². The topological polar surface area (TPSA) is 144 Å². The minimum atomic E-state index is -1.66. The number of ether oxygens (including phenoxy) is 1. The van der Waals surface area contributed by atoms with Gasteiger partial charge in [-0.05, 0) is 12.5 Å². The summed E-state index contributed by atoms with van der Waals surface area (Å²) < 4.78 is 5.05. The highest BCUT2D eigenvalue weighted by Crippen LogP contribution is 2.25. The van der Waals surface area contributed by atoms with Crippen molar-refractivity contribution in [2.45, 2.75) is 71.1 Å². The van der Waals surface area contributed by atoms with E-state index in [0.717, 1.165) is 19.3 Å². The number of carbonyl (C=O) groups excluding carboxylic acids is 1. The van der Waals surface area contributed by atoms with Crippen molar-refractivity contribution in [1.29, 1.82) is 0 Å². The molecule has 166 valence electrons. The summed E-state index contributed by atoms with van der Waals surface area (Å²) in [6, 6.07) is 1.26. The first kappa shape index (κ1) is 25.1. The average molecular weight is 423 g/mol. The molecular weight excluding hydrogens is 394 g/mol. The van der Waals surface area contributed by atoms with E-state index in [1.807, 2.05) is 0 Å². The normalized spacial score (nSPS) is 10.6.